The Balaban J connectivity index is 1.57. The van der Waals surface area contributed by atoms with Gasteiger partial charge in [-0.1, -0.05) is 12.1 Å². The van der Waals surface area contributed by atoms with Gasteiger partial charge < -0.3 is 20.1 Å². The van der Waals surface area contributed by atoms with Gasteiger partial charge in [0.25, 0.3) is 0 Å². The minimum absolute atomic E-state index is 0.178. The van der Waals surface area contributed by atoms with Gasteiger partial charge in [-0.15, -0.1) is 0 Å². The molecule has 1 fully saturated rings. The van der Waals surface area contributed by atoms with Crippen LogP contribution in [0.4, 0.5) is 4.39 Å². The van der Waals surface area contributed by atoms with Gasteiger partial charge in [-0.05, 0) is 44.2 Å². The van der Waals surface area contributed by atoms with Crippen molar-refractivity contribution < 1.29 is 13.9 Å². The lowest BCUT2D eigenvalue weighted by atomic mass is 10.3. The van der Waals surface area contributed by atoms with Crippen molar-refractivity contribution in [3.8, 4) is 5.75 Å². The molecule has 1 atom stereocenters. The van der Waals surface area contributed by atoms with Crippen molar-refractivity contribution >= 4 is 5.96 Å². The standard InChI is InChI=1S/C18H28FN3O2/c1-14(24-17-7-4-3-6-16(17)19)12-22-18(20-2)21-10-5-11-23-13-15-8-9-15/h3-4,6-7,14-15H,5,8-13H2,1-2H3,(H2,20,21,22). The molecule has 1 aromatic rings. The molecule has 1 aromatic carbocycles. The van der Waals surface area contributed by atoms with E-state index in [9.17, 15) is 4.39 Å². The van der Waals surface area contributed by atoms with Crippen LogP contribution in [0.15, 0.2) is 29.3 Å². The molecule has 1 aliphatic rings. The maximum Gasteiger partial charge on any atom is 0.191 e. The summed E-state index contributed by atoms with van der Waals surface area (Å²) in [5.41, 5.74) is 0. The van der Waals surface area contributed by atoms with Crippen molar-refractivity contribution in [2.45, 2.75) is 32.3 Å². The van der Waals surface area contributed by atoms with E-state index in [-0.39, 0.29) is 17.7 Å². The van der Waals surface area contributed by atoms with Crippen LogP contribution in [-0.4, -0.2) is 45.4 Å². The molecule has 24 heavy (non-hydrogen) atoms. The van der Waals surface area contributed by atoms with Crippen molar-refractivity contribution in [3.05, 3.63) is 30.1 Å². The number of rotatable bonds is 10. The fourth-order valence-electron chi connectivity index (χ4n) is 2.18. The summed E-state index contributed by atoms with van der Waals surface area (Å²) < 4.78 is 24.7. The average molecular weight is 337 g/mol. The predicted octanol–water partition coefficient (Wildman–Crippen LogP) is 2.57. The molecule has 134 valence electrons. The van der Waals surface area contributed by atoms with Crippen LogP contribution in [0.3, 0.4) is 0 Å². The SMILES string of the molecule is CN=C(NCCCOCC1CC1)NCC(C)Oc1ccccc1F. The summed E-state index contributed by atoms with van der Waals surface area (Å²) in [6.45, 7) is 4.89. The number of halogens is 1. The Morgan fingerprint density at radius 2 is 2.12 bits per heavy atom. The number of ether oxygens (including phenoxy) is 2. The second-order valence-electron chi connectivity index (χ2n) is 6.11. The Kier molecular flexibility index (Phi) is 7.82. The number of para-hydroxylation sites is 1. The summed E-state index contributed by atoms with van der Waals surface area (Å²) in [6, 6.07) is 6.41. The van der Waals surface area contributed by atoms with E-state index in [4.69, 9.17) is 9.47 Å². The van der Waals surface area contributed by atoms with E-state index in [0.717, 1.165) is 32.1 Å². The van der Waals surface area contributed by atoms with Gasteiger partial charge in [-0.25, -0.2) is 4.39 Å². The van der Waals surface area contributed by atoms with E-state index >= 15 is 0 Å². The van der Waals surface area contributed by atoms with Gasteiger partial charge in [0.2, 0.25) is 0 Å². The molecule has 5 nitrogen and oxygen atoms in total. The molecule has 2 N–H and O–H groups in total. The van der Waals surface area contributed by atoms with Gasteiger partial charge >= 0.3 is 0 Å². The topological polar surface area (TPSA) is 54.9 Å². The number of aliphatic imine (C=N–C) groups is 1. The summed E-state index contributed by atoms with van der Waals surface area (Å²) >= 11 is 0. The molecule has 1 unspecified atom stereocenters. The monoisotopic (exact) mass is 337 g/mol. The lowest BCUT2D eigenvalue weighted by Gasteiger charge is -2.18. The van der Waals surface area contributed by atoms with Gasteiger partial charge in [0.15, 0.2) is 17.5 Å². The first-order chi connectivity index (χ1) is 11.7. The molecule has 1 aliphatic carbocycles. The van der Waals surface area contributed by atoms with Gasteiger partial charge in [0, 0.05) is 26.8 Å². The molecule has 0 heterocycles. The quantitative estimate of drug-likeness (QED) is 0.391. The molecule has 0 aromatic heterocycles. The second kappa shape index (κ2) is 10.1. The highest BCUT2D eigenvalue weighted by atomic mass is 19.1. The van der Waals surface area contributed by atoms with Crippen LogP contribution in [0, 0.1) is 11.7 Å². The van der Waals surface area contributed by atoms with Crippen LogP contribution < -0.4 is 15.4 Å². The summed E-state index contributed by atoms with van der Waals surface area (Å²) in [7, 11) is 1.72. The third-order valence-corrected chi connectivity index (χ3v) is 3.75. The normalized spacial score (nSPS) is 15.9. The number of benzene rings is 1. The lowest BCUT2D eigenvalue weighted by Crippen LogP contribution is -2.42. The van der Waals surface area contributed by atoms with Crippen LogP contribution in [0.1, 0.15) is 26.2 Å². The zero-order chi connectivity index (χ0) is 17.2. The smallest absolute Gasteiger partial charge is 0.191 e. The van der Waals surface area contributed by atoms with E-state index in [2.05, 4.69) is 15.6 Å². The largest absolute Gasteiger partial charge is 0.486 e. The first-order valence-corrected chi connectivity index (χ1v) is 8.62. The average Bonchev–Trinajstić information content (AvgIpc) is 3.40. The Morgan fingerprint density at radius 1 is 1.33 bits per heavy atom. The first-order valence-electron chi connectivity index (χ1n) is 8.62. The molecular weight excluding hydrogens is 309 g/mol. The van der Waals surface area contributed by atoms with Crippen molar-refractivity contribution in [3.63, 3.8) is 0 Å². The number of nitrogens with one attached hydrogen (secondary N) is 2. The Bertz CT molecular complexity index is 521. The minimum Gasteiger partial charge on any atom is -0.486 e. The van der Waals surface area contributed by atoms with E-state index < -0.39 is 0 Å². The molecule has 0 bridgehead atoms. The molecule has 0 spiro atoms. The van der Waals surface area contributed by atoms with Crippen LogP contribution in [-0.2, 0) is 4.74 Å². The zero-order valence-electron chi connectivity index (χ0n) is 14.6. The highest BCUT2D eigenvalue weighted by Crippen LogP contribution is 2.28. The second-order valence-corrected chi connectivity index (χ2v) is 6.11. The number of guanidine groups is 1. The molecule has 2 rings (SSSR count). The Morgan fingerprint density at radius 3 is 2.83 bits per heavy atom. The van der Waals surface area contributed by atoms with Crippen molar-refractivity contribution in [1.82, 2.24) is 10.6 Å². The fraction of sp³-hybridized carbons (Fsp3) is 0.611. The van der Waals surface area contributed by atoms with Crippen molar-refractivity contribution in [2.75, 3.05) is 33.4 Å². The summed E-state index contributed by atoms with van der Waals surface area (Å²) in [5, 5.41) is 6.41. The van der Waals surface area contributed by atoms with E-state index in [1.165, 1.54) is 18.9 Å². The van der Waals surface area contributed by atoms with Crippen LogP contribution in [0.2, 0.25) is 0 Å². The highest BCUT2D eigenvalue weighted by molar-refractivity contribution is 5.79. The molecule has 0 radical (unpaired) electrons. The van der Waals surface area contributed by atoms with Crippen LogP contribution in [0.5, 0.6) is 5.75 Å². The number of hydrogen-bond donors (Lipinski definition) is 2. The summed E-state index contributed by atoms with van der Waals surface area (Å²) in [6.07, 6.45) is 3.40. The molecule has 0 saturated heterocycles. The zero-order valence-corrected chi connectivity index (χ0v) is 14.6. The Hall–Kier alpha value is -1.82. The van der Waals surface area contributed by atoms with E-state index in [1.807, 2.05) is 6.92 Å². The Labute approximate surface area is 143 Å². The molecule has 1 saturated carbocycles. The minimum atomic E-state index is -0.349. The van der Waals surface area contributed by atoms with E-state index in [0.29, 0.717) is 12.5 Å². The lowest BCUT2D eigenvalue weighted by molar-refractivity contribution is 0.123. The van der Waals surface area contributed by atoms with Crippen molar-refractivity contribution in [1.29, 1.82) is 0 Å². The van der Waals surface area contributed by atoms with Gasteiger partial charge in [0.05, 0.1) is 6.54 Å². The molecule has 6 heteroatoms. The number of nitrogens with zero attached hydrogens (tertiary/aromatic N) is 1. The van der Waals surface area contributed by atoms with E-state index in [1.54, 1.807) is 25.2 Å². The van der Waals surface area contributed by atoms with Crippen molar-refractivity contribution in [2.24, 2.45) is 10.9 Å². The third kappa shape index (κ3) is 7.17. The maximum atomic E-state index is 13.5. The van der Waals surface area contributed by atoms with Gasteiger partial charge in [-0.2, -0.15) is 0 Å². The van der Waals surface area contributed by atoms with Gasteiger partial charge in [0.1, 0.15) is 6.10 Å². The van der Waals surface area contributed by atoms with Gasteiger partial charge in [-0.3, -0.25) is 4.99 Å². The summed E-state index contributed by atoms with van der Waals surface area (Å²) in [4.78, 5) is 4.16. The van der Waals surface area contributed by atoms with Crippen LogP contribution in [0.25, 0.3) is 0 Å². The molecule has 0 amide bonds. The third-order valence-electron chi connectivity index (χ3n) is 3.75. The highest BCUT2D eigenvalue weighted by Gasteiger charge is 2.20. The molecular formula is C18H28FN3O2. The fourth-order valence-corrected chi connectivity index (χ4v) is 2.18. The first kappa shape index (κ1) is 18.5. The predicted molar refractivity (Wildman–Crippen MR) is 94.0 cm³/mol. The number of hydrogen-bond acceptors (Lipinski definition) is 3. The maximum absolute atomic E-state index is 13.5. The van der Waals surface area contributed by atoms with Crippen LogP contribution >= 0.6 is 0 Å². The summed E-state index contributed by atoms with van der Waals surface area (Å²) in [5.74, 6) is 1.44. The molecule has 0 aliphatic heterocycles.